The highest BCUT2D eigenvalue weighted by atomic mass is 16.3. The standard InChI is InChI=1S/C18H20N2O2/c21-13-18(10-11-18)12-19-17(22)15-8-4-5-9-16(15)20-14-6-2-1-3-7-14/h1-9,20-21H,10-13H2,(H,19,22). The van der Waals surface area contributed by atoms with E-state index < -0.39 is 0 Å². The fraction of sp³-hybridized carbons (Fsp3) is 0.278. The van der Waals surface area contributed by atoms with Crippen LogP contribution in [0.1, 0.15) is 23.2 Å². The van der Waals surface area contributed by atoms with Crippen LogP contribution in [0.25, 0.3) is 0 Å². The maximum Gasteiger partial charge on any atom is 0.253 e. The SMILES string of the molecule is O=C(NCC1(CO)CC1)c1ccccc1Nc1ccccc1. The molecule has 0 aromatic heterocycles. The number of aliphatic hydroxyl groups is 1. The second-order valence-electron chi connectivity index (χ2n) is 5.88. The minimum Gasteiger partial charge on any atom is -0.396 e. The fourth-order valence-corrected chi connectivity index (χ4v) is 2.40. The van der Waals surface area contributed by atoms with Crippen molar-refractivity contribution in [3.63, 3.8) is 0 Å². The summed E-state index contributed by atoms with van der Waals surface area (Å²) >= 11 is 0. The number of anilines is 2. The minimum absolute atomic E-state index is 0.0859. The maximum absolute atomic E-state index is 12.4. The highest BCUT2D eigenvalue weighted by Crippen LogP contribution is 2.44. The first-order valence-corrected chi connectivity index (χ1v) is 7.53. The van der Waals surface area contributed by atoms with Crippen LogP contribution in [0.15, 0.2) is 54.6 Å². The molecule has 0 radical (unpaired) electrons. The molecule has 0 heterocycles. The number of benzene rings is 2. The Balaban J connectivity index is 1.71. The third-order valence-corrected chi connectivity index (χ3v) is 4.14. The number of hydrogen-bond acceptors (Lipinski definition) is 3. The lowest BCUT2D eigenvalue weighted by Crippen LogP contribution is -2.32. The number of carbonyl (C=O) groups is 1. The molecule has 1 saturated carbocycles. The first-order chi connectivity index (χ1) is 10.7. The van der Waals surface area contributed by atoms with Gasteiger partial charge < -0.3 is 15.7 Å². The predicted octanol–water partition coefficient (Wildman–Crippen LogP) is 2.93. The first-order valence-electron chi connectivity index (χ1n) is 7.53. The van der Waals surface area contributed by atoms with E-state index in [1.807, 2.05) is 48.5 Å². The molecule has 4 heteroatoms. The molecule has 0 atom stereocenters. The molecule has 4 nitrogen and oxygen atoms in total. The van der Waals surface area contributed by atoms with Crippen molar-refractivity contribution in [2.24, 2.45) is 5.41 Å². The van der Waals surface area contributed by atoms with Crippen LogP contribution in [0, 0.1) is 5.41 Å². The molecule has 1 aliphatic carbocycles. The van der Waals surface area contributed by atoms with E-state index in [4.69, 9.17) is 0 Å². The van der Waals surface area contributed by atoms with Gasteiger partial charge in [-0.3, -0.25) is 4.79 Å². The van der Waals surface area contributed by atoms with E-state index in [2.05, 4.69) is 10.6 Å². The Hall–Kier alpha value is -2.33. The lowest BCUT2D eigenvalue weighted by atomic mass is 10.1. The van der Waals surface area contributed by atoms with Crippen LogP contribution >= 0.6 is 0 Å². The molecule has 0 saturated heterocycles. The molecule has 0 unspecified atom stereocenters. The summed E-state index contributed by atoms with van der Waals surface area (Å²) in [7, 11) is 0. The molecule has 2 aromatic carbocycles. The van der Waals surface area contributed by atoms with E-state index in [1.165, 1.54) is 0 Å². The van der Waals surface area contributed by atoms with Crippen LogP contribution in [-0.4, -0.2) is 24.2 Å². The average Bonchev–Trinajstić information content (AvgIpc) is 3.35. The maximum atomic E-state index is 12.4. The van der Waals surface area contributed by atoms with E-state index in [9.17, 15) is 9.90 Å². The van der Waals surface area contributed by atoms with E-state index in [0.717, 1.165) is 24.2 Å². The third-order valence-electron chi connectivity index (χ3n) is 4.14. The third kappa shape index (κ3) is 3.28. The lowest BCUT2D eigenvalue weighted by Gasteiger charge is -2.15. The molecule has 0 bridgehead atoms. The molecule has 114 valence electrons. The molecule has 22 heavy (non-hydrogen) atoms. The summed E-state index contributed by atoms with van der Waals surface area (Å²) in [6, 6.07) is 17.2. The van der Waals surface area contributed by atoms with Crippen molar-refractivity contribution in [3.05, 3.63) is 60.2 Å². The van der Waals surface area contributed by atoms with Crippen LogP contribution in [0.3, 0.4) is 0 Å². The molecule has 0 spiro atoms. The van der Waals surface area contributed by atoms with Crippen LogP contribution in [0.2, 0.25) is 0 Å². The van der Waals surface area contributed by atoms with Crippen LogP contribution in [-0.2, 0) is 0 Å². The molecule has 0 aliphatic heterocycles. The van der Waals surface area contributed by atoms with Gasteiger partial charge in [0.1, 0.15) is 0 Å². The van der Waals surface area contributed by atoms with Crippen molar-refractivity contribution in [3.8, 4) is 0 Å². The molecule has 1 amide bonds. The van der Waals surface area contributed by atoms with E-state index >= 15 is 0 Å². The topological polar surface area (TPSA) is 61.4 Å². The smallest absolute Gasteiger partial charge is 0.253 e. The van der Waals surface area contributed by atoms with E-state index in [-0.39, 0.29) is 17.9 Å². The number of nitrogens with one attached hydrogen (secondary N) is 2. The van der Waals surface area contributed by atoms with Gasteiger partial charge in [0, 0.05) is 17.6 Å². The Kier molecular flexibility index (Phi) is 4.11. The van der Waals surface area contributed by atoms with Crippen LogP contribution in [0.5, 0.6) is 0 Å². The van der Waals surface area contributed by atoms with Crippen molar-refractivity contribution in [2.75, 3.05) is 18.5 Å². The highest BCUT2D eigenvalue weighted by molar-refractivity contribution is 6.00. The van der Waals surface area contributed by atoms with Gasteiger partial charge in [-0.1, -0.05) is 30.3 Å². The summed E-state index contributed by atoms with van der Waals surface area (Å²) in [5.74, 6) is -0.112. The number of rotatable bonds is 6. The molecule has 1 fully saturated rings. The van der Waals surface area contributed by atoms with Crippen molar-refractivity contribution >= 4 is 17.3 Å². The second-order valence-corrected chi connectivity index (χ2v) is 5.88. The van der Waals surface area contributed by atoms with Gasteiger partial charge >= 0.3 is 0 Å². The lowest BCUT2D eigenvalue weighted by molar-refractivity contribution is 0.0936. The fourth-order valence-electron chi connectivity index (χ4n) is 2.40. The minimum atomic E-state index is -0.112. The Labute approximate surface area is 130 Å². The first kappa shape index (κ1) is 14.6. The van der Waals surface area contributed by atoms with Gasteiger partial charge in [-0.2, -0.15) is 0 Å². The van der Waals surface area contributed by atoms with Crippen LogP contribution < -0.4 is 10.6 Å². The summed E-state index contributed by atoms with van der Waals surface area (Å²) in [4.78, 5) is 12.4. The Morgan fingerprint density at radius 1 is 1.05 bits per heavy atom. The molecule has 3 rings (SSSR count). The number of hydrogen-bond donors (Lipinski definition) is 3. The number of carbonyl (C=O) groups excluding carboxylic acids is 1. The van der Waals surface area contributed by atoms with Crippen molar-refractivity contribution in [1.82, 2.24) is 5.32 Å². The predicted molar refractivity (Wildman–Crippen MR) is 87.3 cm³/mol. The zero-order chi connectivity index (χ0) is 15.4. The molecular formula is C18H20N2O2. The van der Waals surface area contributed by atoms with Crippen molar-refractivity contribution in [2.45, 2.75) is 12.8 Å². The normalized spacial score (nSPS) is 15.1. The molecule has 3 N–H and O–H groups in total. The van der Waals surface area contributed by atoms with Gasteiger partial charge in [-0.15, -0.1) is 0 Å². The van der Waals surface area contributed by atoms with Gasteiger partial charge in [0.05, 0.1) is 17.9 Å². The zero-order valence-electron chi connectivity index (χ0n) is 12.4. The number of para-hydroxylation sites is 2. The van der Waals surface area contributed by atoms with Crippen molar-refractivity contribution < 1.29 is 9.90 Å². The van der Waals surface area contributed by atoms with Gasteiger partial charge in [-0.05, 0) is 37.1 Å². The number of aliphatic hydroxyl groups excluding tert-OH is 1. The van der Waals surface area contributed by atoms with Crippen molar-refractivity contribution in [1.29, 1.82) is 0 Å². The largest absolute Gasteiger partial charge is 0.396 e. The number of amides is 1. The van der Waals surface area contributed by atoms with Gasteiger partial charge in [0.15, 0.2) is 0 Å². The highest BCUT2D eigenvalue weighted by Gasteiger charge is 2.42. The molecular weight excluding hydrogens is 276 g/mol. The summed E-state index contributed by atoms with van der Waals surface area (Å²) in [6.07, 6.45) is 1.96. The molecule has 2 aromatic rings. The van der Waals surface area contributed by atoms with Crippen LogP contribution in [0.4, 0.5) is 11.4 Å². The summed E-state index contributed by atoms with van der Waals surface area (Å²) in [5, 5.41) is 15.5. The Bertz CT molecular complexity index is 651. The Morgan fingerprint density at radius 3 is 2.41 bits per heavy atom. The zero-order valence-corrected chi connectivity index (χ0v) is 12.4. The second kappa shape index (κ2) is 6.20. The summed E-state index contributed by atoms with van der Waals surface area (Å²) in [6.45, 7) is 0.666. The quantitative estimate of drug-likeness (QED) is 0.768. The monoisotopic (exact) mass is 296 g/mol. The van der Waals surface area contributed by atoms with Gasteiger partial charge in [-0.25, -0.2) is 0 Å². The van der Waals surface area contributed by atoms with Gasteiger partial charge in [0.25, 0.3) is 5.91 Å². The van der Waals surface area contributed by atoms with E-state index in [0.29, 0.717) is 12.1 Å². The summed E-state index contributed by atoms with van der Waals surface area (Å²) < 4.78 is 0. The van der Waals surface area contributed by atoms with E-state index in [1.54, 1.807) is 6.07 Å². The Morgan fingerprint density at radius 2 is 1.73 bits per heavy atom. The molecule has 1 aliphatic rings. The van der Waals surface area contributed by atoms with Gasteiger partial charge in [0.2, 0.25) is 0 Å². The summed E-state index contributed by atoms with van der Waals surface area (Å²) in [5.41, 5.74) is 2.24. The average molecular weight is 296 g/mol.